The van der Waals surface area contributed by atoms with Crippen molar-refractivity contribution >= 4 is 10.8 Å². The smallest absolute Gasteiger partial charge is 0.373 e. The van der Waals surface area contributed by atoms with E-state index >= 15 is 0 Å². The Hall–Kier alpha value is -2.13. The van der Waals surface area contributed by atoms with E-state index in [4.69, 9.17) is 4.74 Å². The first-order valence-electron chi connectivity index (χ1n) is 10.8. The Labute approximate surface area is 179 Å². The molecule has 2 aliphatic rings. The quantitative estimate of drug-likeness (QED) is 0.354. The zero-order chi connectivity index (χ0) is 22.2. The topological polar surface area (TPSA) is 9.23 Å². The molecule has 0 spiro atoms. The van der Waals surface area contributed by atoms with Gasteiger partial charge in [-0.15, -0.1) is 0 Å². The van der Waals surface area contributed by atoms with Crippen molar-refractivity contribution in [1.29, 1.82) is 0 Å². The van der Waals surface area contributed by atoms with Gasteiger partial charge in [0.05, 0.1) is 18.3 Å². The zero-order valence-corrected chi connectivity index (χ0v) is 17.4. The van der Waals surface area contributed by atoms with Crippen molar-refractivity contribution in [3.63, 3.8) is 0 Å². The Kier molecular flexibility index (Phi) is 6.25. The molecule has 6 heteroatoms. The van der Waals surface area contributed by atoms with Crippen LogP contribution in [-0.2, 0) is 4.74 Å². The van der Waals surface area contributed by atoms with Crippen LogP contribution in [0.5, 0.6) is 0 Å². The lowest BCUT2D eigenvalue weighted by Gasteiger charge is -2.37. The molecule has 0 amide bonds. The highest BCUT2D eigenvalue weighted by molar-refractivity contribution is 5.85. The van der Waals surface area contributed by atoms with Crippen LogP contribution in [0.25, 0.3) is 10.8 Å². The predicted molar refractivity (Wildman–Crippen MR) is 109 cm³/mol. The minimum absolute atomic E-state index is 0.0432. The third-order valence-corrected chi connectivity index (χ3v) is 6.79. The number of hydrogen-bond acceptors (Lipinski definition) is 1. The number of benzene rings is 2. The van der Waals surface area contributed by atoms with Crippen molar-refractivity contribution < 1.29 is 26.7 Å². The molecule has 1 saturated heterocycles. The standard InChI is InChI=1S/C25H25F5O/c1-15-2-4-16(5-3-15)18-7-9-23(31-14-18)17-6-8-20-19(12-17)13-22(26)21(24(20)27)10-11-25(28,29)30/h6,8,12-13,15-16,18,23H,2-5,7,9,14H2,1H3. The van der Waals surface area contributed by atoms with Crippen LogP contribution in [0.2, 0.25) is 0 Å². The van der Waals surface area contributed by atoms with Crippen molar-refractivity contribution in [3.05, 3.63) is 47.0 Å². The fraction of sp³-hybridized carbons (Fsp3) is 0.520. The lowest BCUT2D eigenvalue weighted by molar-refractivity contribution is -0.0696. The molecule has 1 aliphatic heterocycles. The maximum Gasteiger partial charge on any atom is 0.458 e. The molecule has 0 bridgehead atoms. The largest absolute Gasteiger partial charge is 0.458 e. The van der Waals surface area contributed by atoms with Crippen LogP contribution in [0.3, 0.4) is 0 Å². The zero-order valence-electron chi connectivity index (χ0n) is 17.4. The Morgan fingerprint density at radius 2 is 1.65 bits per heavy atom. The van der Waals surface area contributed by atoms with Gasteiger partial charge in [-0.2, -0.15) is 13.2 Å². The van der Waals surface area contributed by atoms with Crippen LogP contribution in [-0.4, -0.2) is 12.8 Å². The second-order valence-corrected chi connectivity index (χ2v) is 8.96. The number of alkyl halides is 3. The first kappa shape index (κ1) is 22.1. The molecule has 2 atom stereocenters. The van der Waals surface area contributed by atoms with Gasteiger partial charge in [-0.25, -0.2) is 8.78 Å². The van der Waals surface area contributed by atoms with Crippen LogP contribution in [0.1, 0.15) is 62.7 Å². The van der Waals surface area contributed by atoms with Crippen molar-refractivity contribution in [2.45, 2.75) is 57.7 Å². The molecule has 166 valence electrons. The molecule has 0 N–H and O–H groups in total. The summed E-state index contributed by atoms with van der Waals surface area (Å²) in [5.74, 6) is 2.43. The Balaban J connectivity index is 1.50. The maximum atomic E-state index is 14.6. The highest BCUT2D eigenvalue weighted by Gasteiger charge is 2.31. The van der Waals surface area contributed by atoms with Gasteiger partial charge < -0.3 is 4.74 Å². The average Bonchev–Trinajstić information content (AvgIpc) is 2.73. The second kappa shape index (κ2) is 8.78. The number of ether oxygens (including phenoxy) is 1. The highest BCUT2D eigenvalue weighted by Crippen LogP contribution is 2.41. The summed E-state index contributed by atoms with van der Waals surface area (Å²) in [6, 6.07) is 5.88. The molecule has 2 aromatic carbocycles. The van der Waals surface area contributed by atoms with Crippen LogP contribution < -0.4 is 0 Å². The number of rotatable bonds is 2. The Morgan fingerprint density at radius 1 is 0.935 bits per heavy atom. The first-order valence-corrected chi connectivity index (χ1v) is 10.8. The second-order valence-electron chi connectivity index (χ2n) is 8.96. The Morgan fingerprint density at radius 3 is 2.29 bits per heavy atom. The summed E-state index contributed by atoms with van der Waals surface area (Å²) in [4.78, 5) is 0. The molecule has 31 heavy (non-hydrogen) atoms. The molecule has 1 saturated carbocycles. The van der Waals surface area contributed by atoms with Crippen LogP contribution in [0, 0.1) is 41.2 Å². The molecule has 1 heterocycles. The lowest BCUT2D eigenvalue weighted by atomic mass is 9.74. The molecule has 2 fully saturated rings. The minimum atomic E-state index is -4.82. The molecule has 1 aliphatic carbocycles. The maximum absolute atomic E-state index is 14.6. The van der Waals surface area contributed by atoms with Gasteiger partial charge in [-0.1, -0.05) is 37.8 Å². The summed E-state index contributed by atoms with van der Waals surface area (Å²) in [7, 11) is 0. The van der Waals surface area contributed by atoms with Crippen LogP contribution >= 0.6 is 0 Å². The van der Waals surface area contributed by atoms with Gasteiger partial charge >= 0.3 is 6.18 Å². The minimum Gasteiger partial charge on any atom is -0.373 e. The Bertz CT molecular complexity index is 1000. The van der Waals surface area contributed by atoms with E-state index in [1.807, 2.05) is 0 Å². The SMILES string of the molecule is CC1CCC(C2CCC(c3ccc4c(F)c(C#CC(F)(F)F)c(F)cc4c3)OC2)CC1. The van der Waals surface area contributed by atoms with Crippen molar-refractivity contribution in [2.75, 3.05) is 6.61 Å². The van der Waals surface area contributed by atoms with Crippen molar-refractivity contribution in [3.8, 4) is 11.8 Å². The van der Waals surface area contributed by atoms with E-state index in [1.54, 1.807) is 18.1 Å². The third kappa shape index (κ3) is 5.03. The van der Waals surface area contributed by atoms with E-state index in [0.717, 1.165) is 36.3 Å². The van der Waals surface area contributed by atoms with E-state index in [2.05, 4.69) is 6.92 Å². The molecule has 2 unspecified atom stereocenters. The predicted octanol–water partition coefficient (Wildman–Crippen LogP) is 7.33. The number of fused-ring (bicyclic) bond motifs is 1. The van der Waals surface area contributed by atoms with E-state index in [1.165, 1.54) is 31.7 Å². The molecule has 0 radical (unpaired) electrons. The molecule has 4 rings (SSSR count). The molecule has 2 aromatic rings. The fourth-order valence-corrected chi connectivity index (χ4v) is 4.96. The summed E-state index contributed by atoms with van der Waals surface area (Å²) in [5, 5.41) is 0.332. The molecule has 1 nitrogen and oxygen atoms in total. The molecule has 0 aromatic heterocycles. The van der Waals surface area contributed by atoms with Gasteiger partial charge in [-0.3, -0.25) is 0 Å². The van der Waals surface area contributed by atoms with Crippen LogP contribution in [0.4, 0.5) is 22.0 Å². The van der Waals surface area contributed by atoms with Crippen molar-refractivity contribution in [1.82, 2.24) is 0 Å². The number of halogens is 5. The monoisotopic (exact) mass is 436 g/mol. The molecular weight excluding hydrogens is 411 g/mol. The molecular formula is C25H25F5O. The summed E-state index contributed by atoms with van der Waals surface area (Å²) < 4.78 is 72.0. The first-order chi connectivity index (χ1) is 14.7. The van der Waals surface area contributed by atoms with Gasteiger partial charge in [0.25, 0.3) is 0 Å². The van der Waals surface area contributed by atoms with Crippen molar-refractivity contribution in [2.24, 2.45) is 17.8 Å². The normalized spacial score (nSPS) is 27.0. The highest BCUT2D eigenvalue weighted by atomic mass is 19.4. The average molecular weight is 436 g/mol. The van der Waals surface area contributed by atoms with E-state index in [-0.39, 0.29) is 16.9 Å². The summed E-state index contributed by atoms with van der Waals surface area (Å²) in [6.45, 7) is 3.00. The van der Waals surface area contributed by atoms with Gasteiger partial charge in [0, 0.05) is 11.3 Å². The number of hydrogen-bond donors (Lipinski definition) is 0. The van der Waals surface area contributed by atoms with Gasteiger partial charge in [0.15, 0.2) is 0 Å². The van der Waals surface area contributed by atoms with Gasteiger partial charge in [0.1, 0.15) is 11.6 Å². The van der Waals surface area contributed by atoms with Crippen LogP contribution in [0.15, 0.2) is 24.3 Å². The summed E-state index contributed by atoms with van der Waals surface area (Å²) in [6.07, 6.45) is 2.03. The van der Waals surface area contributed by atoms with E-state index < -0.39 is 23.4 Å². The summed E-state index contributed by atoms with van der Waals surface area (Å²) >= 11 is 0. The third-order valence-electron chi connectivity index (χ3n) is 6.79. The fourth-order valence-electron chi connectivity index (χ4n) is 4.96. The lowest BCUT2D eigenvalue weighted by Crippen LogP contribution is -2.29. The van der Waals surface area contributed by atoms with E-state index in [0.29, 0.717) is 18.4 Å². The van der Waals surface area contributed by atoms with Gasteiger partial charge in [-0.05, 0) is 66.5 Å². The van der Waals surface area contributed by atoms with Gasteiger partial charge in [0.2, 0.25) is 0 Å². The summed E-state index contributed by atoms with van der Waals surface area (Å²) in [5.41, 5.74) is -0.0349. The van der Waals surface area contributed by atoms with E-state index in [9.17, 15) is 22.0 Å².